The van der Waals surface area contributed by atoms with E-state index >= 15 is 0 Å². The molecule has 0 saturated heterocycles. The number of halogens is 1. The van der Waals surface area contributed by atoms with Gasteiger partial charge in [-0.3, -0.25) is 4.79 Å². The molecule has 0 unspecified atom stereocenters. The summed E-state index contributed by atoms with van der Waals surface area (Å²) >= 11 is 6.14. The van der Waals surface area contributed by atoms with Gasteiger partial charge in [0.2, 0.25) is 0 Å². The van der Waals surface area contributed by atoms with Crippen LogP contribution < -0.4 is 4.74 Å². The van der Waals surface area contributed by atoms with E-state index in [1.807, 2.05) is 18.2 Å². The average molecular weight is 239 g/mol. The van der Waals surface area contributed by atoms with E-state index in [4.69, 9.17) is 21.1 Å². The van der Waals surface area contributed by atoms with Crippen molar-refractivity contribution in [1.82, 2.24) is 0 Å². The minimum Gasteiger partial charge on any atom is -0.497 e. The monoisotopic (exact) mass is 238 g/mol. The van der Waals surface area contributed by atoms with Crippen LogP contribution in [0.15, 0.2) is 24.0 Å². The van der Waals surface area contributed by atoms with Gasteiger partial charge in [-0.15, -0.1) is 0 Å². The van der Waals surface area contributed by atoms with Crippen molar-refractivity contribution < 1.29 is 14.3 Å². The first-order valence-electron chi connectivity index (χ1n) is 4.92. The molecule has 1 aromatic rings. The zero-order valence-corrected chi connectivity index (χ0v) is 9.58. The topological polar surface area (TPSA) is 35.5 Å². The van der Waals surface area contributed by atoms with E-state index in [1.54, 1.807) is 7.11 Å². The minimum absolute atomic E-state index is 0.409. The van der Waals surface area contributed by atoms with Gasteiger partial charge in [-0.2, -0.15) is 0 Å². The molecule has 1 aliphatic carbocycles. The molecule has 16 heavy (non-hydrogen) atoms. The Morgan fingerprint density at radius 2 is 2.19 bits per heavy atom. The predicted molar refractivity (Wildman–Crippen MR) is 61.2 cm³/mol. The van der Waals surface area contributed by atoms with Crippen LogP contribution in [0, 0.1) is 0 Å². The Balaban J connectivity index is 2.42. The van der Waals surface area contributed by atoms with E-state index in [1.165, 1.54) is 0 Å². The highest BCUT2D eigenvalue weighted by molar-refractivity contribution is 6.49. The Bertz CT molecular complexity index is 452. The van der Waals surface area contributed by atoms with Crippen LogP contribution in [0.3, 0.4) is 0 Å². The maximum absolute atomic E-state index is 10.3. The zero-order valence-electron chi connectivity index (χ0n) is 8.83. The number of hydrogen-bond donors (Lipinski definition) is 0. The van der Waals surface area contributed by atoms with Gasteiger partial charge in [0.15, 0.2) is 0 Å². The number of allylic oxidation sites excluding steroid dienone is 1. The fourth-order valence-corrected chi connectivity index (χ4v) is 2.12. The average Bonchev–Trinajstić information content (AvgIpc) is 2.32. The molecular weight excluding hydrogens is 228 g/mol. The summed E-state index contributed by atoms with van der Waals surface area (Å²) in [6.45, 7) is 0.409. The number of aryl methyl sites for hydroxylation is 1. The van der Waals surface area contributed by atoms with Crippen molar-refractivity contribution in [1.29, 1.82) is 0 Å². The molecule has 0 saturated carbocycles. The molecule has 2 rings (SSSR count). The molecule has 0 heterocycles. The van der Waals surface area contributed by atoms with Crippen molar-refractivity contribution in [3.05, 3.63) is 35.1 Å². The van der Waals surface area contributed by atoms with Crippen LogP contribution in [0.4, 0.5) is 0 Å². The van der Waals surface area contributed by atoms with Crippen molar-refractivity contribution in [3.63, 3.8) is 0 Å². The van der Waals surface area contributed by atoms with Crippen molar-refractivity contribution in [2.24, 2.45) is 0 Å². The fourth-order valence-electron chi connectivity index (χ4n) is 1.79. The standard InChI is InChI=1S/C12H11ClO3/c1-15-9-3-4-10-8(6-9)2-5-11(12(10)13)16-7-14/h3-4,6-7H,2,5H2,1H3. The molecule has 0 aliphatic heterocycles. The molecule has 0 atom stereocenters. The van der Waals surface area contributed by atoms with Gasteiger partial charge in [-0.25, -0.2) is 0 Å². The summed E-state index contributed by atoms with van der Waals surface area (Å²) in [6, 6.07) is 5.67. The lowest BCUT2D eigenvalue weighted by molar-refractivity contribution is -0.125. The number of carbonyl (C=O) groups is 1. The summed E-state index contributed by atoms with van der Waals surface area (Å²) in [7, 11) is 1.63. The highest BCUT2D eigenvalue weighted by atomic mass is 35.5. The molecule has 0 fully saturated rings. The van der Waals surface area contributed by atoms with Gasteiger partial charge in [0.05, 0.1) is 12.1 Å². The summed E-state index contributed by atoms with van der Waals surface area (Å²) in [6.07, 6.45) is 1.43. The Morgan fingerprint density at radius 1 is 1.38 bits per heavy atom. The Hall–Kier alpha value is -1.48. The summed E-state index contributed by atoms with van der Waals surface area (Å²) in [4.78, 5) is 10.3. The third-order valence-corrected chi connectivity index (χ3v) is 3.02. The van der Waals surface area contributed by atoms with E-state index in [2.05, 4.69) is 0 Å². The van der Waals surface area contributed by atoms with Crippen LogP contribution in [0.1, 0.15) is 17.5 Å². The van der Waals surface area contributed by atoms with E-state index in [-0.39, 0.29) is 0 Å². The Morgan fingerprint density at radius 3 is 2.88 bits per heavy atom. The van der Waals surface area contributed by atoms with Crippen molar-refractivity contribution >= 4 is 23.1 Å². The molecule has 0 aromatic heterocycles. The Kier molecular flexibility index (Phi) is 3.15. The van der Waals surface area contributed by atoms with Gasteiger partial charge in [-0.05, 0) is 35.7 Å². The molecule has 84 valence electrons. The molecule has 0 spiro atoms. The van der Waals surface area contributed by atoms with E-state index in [0.717, 1.165) is 23.3 Å². The predicted octanol–water partition coefficient (Wildman–Crippen LogP) is 2.72. The van der Waals surface area contributed by atoms with Gasteiger partial charge < -0.3 is 9.47 Å². The fraction of sp³-hybridized carbons (Fsp3) is 0.250. The second-order valence-corrected chi connectivity index (χ2v) is 3.85. The van der Waals surface area contributed by atoms with Crippen LogP contribution in [0.2, 0.25) is 0 Å². The number of hydrogen-bond acceptors (Lipinski definition) is 3. The second-order valence-electron chi connectivity index (χ2n) is 3.47. The summed E-state index contributed by atoms with van der Waals surface area (Å²) in [5, 5.41) is 0.510. The van der Waals surface area contributed by atoms with E-state index in [0.29, 0.717) is 23.7 Å². The van der Waals surface area contributed by atoms with Crippen LogP contribution in [-0.2, 0) is 16.0 Å². The minimum atomic E-state index is 0.409. The summed E-state index contributed by atoms with van der Waals surface area (Å²) < 4.78 is 9.99. The normalized spacial score (nSPS) is 14.4. The maximum atomic E-state index is 10.3. The number of benzene rings is 1. The molecule has 0 bridgehead atoms. The van der Waals surface area contributed by atoms with Gasteiger partial charge in [0.25, 0.3) is 6.47 Å². The third-order valence-electron chi connectivity index (χ3n) is 2.61. The first-order chi connectivity index (χ1) is 7.76. The second kappa shape index (κ2) is 4.58. The quantitative estimate of drug-likeness (QED) is 0.760. The molecule has 4 heteroatoms. The summed E-state index contributed by atoms with van der Waals surface area (Å²) in [5.74, 6) is 1.34. The maximum Gasteiger partial charge on any atom is 0.298 e. The lowest BCUT2D eigenvalue weighted by Gasteiger charge is -2.18. The van der Waals surface area contributed by atoms with Crippen molar-refractivity contribution in [2.45, 2.75) is 12.8 Å². The number of rotatable bonds is 3. The van der Waals surface area contributed by atoms with Gasteiger partial charge in [0.1, 0.15) is 11.5 Å². The molecule has 1 aliphatic rings. The number of ether oxygens (including phenoxy) is 2. The number of fused-ring (bicyclic) bond motifs is 1. The SMILES string of the molecule is COc1ccc2c(c1)CCC(OC=O)=C2Cl. The molecule has 0 amide bonds. The van der Waals surface area contributed by atoms with Crippen molar-refractivity contribution in [3.8, 4) is 5.75 Å². The highest BCUT2D eigenvalue weighted by Gasteiger charge is 2.19. The molecule has 1 aromatic carbocycles. The molecular formula is C12H11ClO3. The lowest BCUT2D eigenvalue weighted by atomic mass is 9.96. The highest BCUT2D eigenvalue weighted by Crippen LogP contribution is 2.35. The molecule has 0 radical (unpaired) electrons. The smallest absolute Gasteiger partial charge is 0.298 e. The largest absolute Gasteiger partial charge is 0.497 e. The third kappa shape index (κ3) is 1.91. The van der Waals surface area contributed by atoms with E-state index in [9.17, 15) is 4.79 Å². The van der Waals surface area contributed by atoms with E-state index < -0.39 is 0 Å². The van der Waals surface area contributed by atoms with Crippen LogP contribution in [0.5, 0.6) is 5.75 Å². The molecule has 0 N–H and O–H groups in total. The molecule has 3 nitrogen and oxygen atoms in total. The van der Waals surface area contributed by atoms with Crippen molar-refractivity contribution in [2.75, 3.05) is 7.11 Å². The Labute approximate surface area is 98.6 Å². The summed E-state index contributed by atoms with van der Waals surface area (Å²) in [5.41, 5.74) is 2.02. The lowest BCUT2D eigenvalue weighted by Crippen LogP contribution is -2.05. The van der Waals surface area contributed by atoms with Gasteiger partial charge >= 0.3 is 0 Å². The van der Waals surface area contributed by atoms with Crippen LogP contribution in [0.25, 0.3) is 5.03 Å². The number of carbonyl (C=O) groups excluding carboxylic acids is 1. The van der Waals surface area contributed by atoms with Crippen LogP contribution >= 0.6 is 11.6 Å². The van der Waals surface area contributed by atoms with Gasteiger partial charge in [0, 0.05) is 6.42 Å². The first-order valence-corrected chi connectivity index (χ1v) is 5.30. The first kappa shape index (κ1) is 11.0. The van der Waals surface area contributed by atoms with Crippen LogP contribution in [-0.4, -0.2) is 13.6 Å². The number of methoxy groups -OCH3 is 1. The zero-order chi connectivity index (χ0) is 11.5. The van der Waals surface area contributed by atoms with Gasteiger partial charge in [-0.1, -0.05) is 11.6 Å².